The van der Waals surface area contributed by atoms with Crippen LogP contribution < -0.4 is 0 Å². The molecule has 0 fully saturated rings. The van der Waals surface area contributed by atoms with Crippen molar-refractivity contribution in [2.75, 3.05) is 12.3 Å². The van der Waals surface area contributed by atoms with Crippen molar-refractivity contribution < 1.29 is 0 Å². The van der Waals surface area contributed by atoms with Crippen LogP contribution in [0.1, 0.15) is 0 Å². The van der Waals surface area contributed by atoms with Gasteiger partial charge in [-0.1, -0.05) is 69.6 Å². The molecule has 7 heteroatoms. The lowest BCUT2D eigenvalue weighted by Gasteiger charge is -2.13. The third-order valence-electron chi connectivity index (χ3n) is 0.651. The van der Waals surface area contributed by atoms with E-state index < -0.39 is 7.59 Å². The molecule has 0 aromatic heterocycles. The Hall–Kier alpha value is 2.17. The first-order valence-electron chi connectivity index (χ1n) is 2.55. The van der Waals surface area contributed by atoms with Crippen LogP contribution >= 0.6 is 78.2 Å². The molecule has 68 valence electrons. The second-order valence-corrected chi connectivity index (χ2v) is 8.07. The van der Waals surface area contributed by atoms with E-state index in [9.17, 15) is 0 Å². The van der Waals surface area contributed by atoms with Crippen LogP contribution in [0.5, 0.6) is 0 Å². The fraction of sp³-hybridized carbons (Fsp3) is 1.00. The van der Waals surface area contributed by atoms with E-state index in [0.29, 0.717) is 20.9 Å². The molecule has 0 aromatic carbocycles. The summed E-state index contributed by atoms with van der Waals surface area (Å²) in [5.41, 5.74) is 0. The monoisotopic (exact) mass is 294 g/mol. The van der Waals surface area contributed by atoms with E-state index in [4.69, 9.17) is 69.6 Å². The van der Waals surface area contributed by atoms with Crippen LogP contribution in [0.2, 0.25) is 0 Å². The number of alkyl halides is 6. The van der Waals surface area contributed by atoms with Crippen LogP contribution in [0, 0.1) is 0 Å². The van der Waals surface area contributed by atoms with Gasteiger partial charge in [-0.05, 0) is 0 Å². The fourth-order valence-corrected chi connectivity index (χ4v) is 2.74. The van der Waals surface area contributed by atoms with Gasteiger partial charge in [0.1, 0.15) is 0 Å². The number of hydrogen-bond acceptors (Lipinski definition) is 0. The average Bonchev–Trinajstić information content (AvgIpc) is 1.55. The highest BCUT2D eigenvalue weighted by molar-refractivity contribution is 7.39. The van der Waals surface area contributed by atoms with Gasteiger partial charge in [-0.25, -0.2) is 0 Å². The summed E-state index contributed by atoms with van der Waals surface area (Å²) < 4.78 is -2.46. The smallest absolute Gasteiger partial charge is 0.113 e. The van der Waals surface area contributed by atoms with E-state index in [1.54, 1.807) is 0 Å². The highest BCUT2D eigenvalue weighted by atomic mass is 35.6. The largest absolute Gasteiger partial charge is 0.194 e. The summed E-state index contributed by atoms with van der Waals surface area (Å²) in [6, 6.07) is 0. The molecule has 0 rings (SSSR count). The molecule has 0 aliphatic carbocycles. The van der Waals surface area contributed by atoms with Gasteiger partial charge < -0.3 is 0 Å². The molecule has 0 bridgehead atoms. The molecule has 0 atom stereocenters. The molecule has 0 aliphatic rings. The van der Waals surface area contributed by atoms with Crippen molar-refractivity contribution in [1.82, 2.24) is 0 Å². The number of rotatable bonds is 2. The van der Waals surface area contributed by atoms with Gasteiger partial charge in [-0.2, -0.15) is 0 Å². The van der Waals surface area contributed by atoms with E-state index in [1.165, 1.54) is 0 Å². The second-order valence-electron chi connectivity index (χ2n) is 1.83. The zero-order valence-electron chi connectivity index (χ0n) is 5.18. The first-order chi connectivity index (χ1) is 4.71. The van der Waals surface area contributed by atoms with Crippen molar-refractivity contribution >= 4 is 78.2 Å². The lowest BCUT2D eigenvalue weighted by molar-refractivity contribution is 1.23. The van der Waals surface area contributed by atoms with E-state index in [-0.39, 0.29) is 0 Å². The molecule has 0 aliphatic heterocycles. The molecule has 0 N–H and O–H groups in total. The first kappa shape index (κ1) is 13.2. The van der Waals surface area contributed by atoms with Crippen molar-refractivity contribution in [3.63, 3.8) is 0 Å². The van der Waals surface area contributed by atoms with Crippen LogP contribution in [-0.2, 0) is 0 Å². The third kappa shape index (κ3) is 12.2. The van der Waals surface area contributed by atoms with E-state index in [1.807, 2.05) is 0 Å². The molecule has 0 saturated carbocycles. The molecule has 0 nitrogen and oxygen atoms in total. The van der Waals surface area contributed by atoms with Gasteiger partial charge in [0.25, 0.3) is 0 Å². The normalized spacial score (nSPS) is 13.6. The first-order valence-corrected chi connectivity index (χ1v) is 6.23. The van der Waals surface area contributed by atoms with Crippen molar-refractivity contribution in [2.45, 2.75) is 7.59 Å². The Morgan fingerprint density at radius 2 is 1.00 bits per heavy atom. The quantitative estimate of drug-likeness (QED) is 0.523. The fourth-order valence-electron chi connectivity index (χ4n) is 0.346. The molecule has 11 heavy (non-hydrogen) atoms. The van der Waals surface area contributed by atoms with Crippen molar-refractivity contribution in [3.8, 4) is 0 Å². The predicted molar refractivity (Wildman–Crippen MR) is 58.6 cm³/mol. The van der Waals surface area contributed by atoms with E-state index >= 15 is 0 Å². The molecular weight excluding hydrogens is 292 g/mol. The van der Waals surface area contributed by atoms with E-state index in [0.717, 1.165) is 0 Å². The minimum atomic E-state index is -1.23. The van der Waals surface area contributed by atoms with Gasteiger partial charge >= 0.3 is 0 Å². The highest BCUT2D eigenvalue weighted by Crippen LogP contribution is 2.38. The third-order valence-corrected chi connectivity index (χ3v) is 4.36. The molecule has 0 aromatic rings. The van der Waals surface area contributed by atoms with Gasteiger partial charge in [-0.3, -0.25) is 0 Å². The van der Waals surface area contributed by atoms with Crippen molar-refractivity contribution in [1.29, 1.82) is 0 Å². The highest BCUT2D eigenvalue weighted by Gasteiger charge is 2.23. The van der Waals surface area contributed by atoms with Gasteiger partial charge in [0.15, 0.2) is 7.59 Å². The minimum Gasteiger partial charge on any atom is -0.113 e. The Kier molecular flexibility index (Phi) is 6.17. The molecule has 0 radical (unpaired) electrons. The maximum atomic E-state index is 5.47. The Balaban J connectivity index is 3.44. The molecule has 0 saturated heterocycles. The summed E-state index contributed by atoms with van der Waals surface area (Å²) in [5.74, 6) is 0. The lowest BCUT2D eigenvalue weighted by Crippen LogP contribution is -2.10. The van der Waals surface area contributed by atoms with Crippen LogP contribution in [0.25, 0.3) is 0 Å². The van der Waals surface area contributed by atoms with E-state index in [2.05, 4.69) is 0 Å². The zero-order valence-corrected chi connectivity index (χ0v) is 10.7. The predicted octanol–water partition coefficient (Wildman–Crippen LogP) is 4.41. The SMILES string of the molecule is ClC(Cl)(Cl)CPCC(Cl)(Cl)Cl. The number of halogens is 6. The molecule has 0 spiro atoms. The Labute approximate surface area is 97.6 Å². The maximum absolute atomic E-state index is 5.47. The molecule has 0 heterocycles. The zero-order chi connectivity index (χ0) is 9.12. The van der Waals surface area contributed by atoms with Gasteiger partial charge in [0, 0.05) is 12.3 Å². The Morgan fingerprint density at radius 3 is 1.18 bits per heavy atom. The summed E-state index contributed by atoms with van der Waals surface area (Å²) >= 11 is 32.8. The van der Waals surface area contributed by atoms with Gasteiger partial charge in [0.2, 0.25) is 0 Å². The maximum Gasteiger partial charge on any atom is 0.194 e. The van der Waals surface area contributed by atoms with Crippen molar-refractivity contribution in [2.24, 2.45) is 0 Å². The molecular formula is C4H5Cl6P. The average molecular weight is 297 g/mol. The summed E-state index contributed by atoms with van der Waals surface area (Å²) in [7, 11) is 0.343. The van der Waals surface area contributed by atoms with Gasteiger partial charge in [-0.15, -0.1) is 8.58 Å². The van der Waals surface area contributed by atoms with Crippen LogP contribution in [-0.4, -0.2) is 19.9 Å². The standard InChI is InChI=1S/C4H5Cl6P/c5-3(6,7)1-11-2-4(8,9)10/h11H,1-2H2. The Morgan fingerprint density at radius 1 is 0.727 bits per heavy atom. The molecule has 0 amide bonds. The lowest BCUT2D eigenvalue weighted by atomic mass is 10.9. The topological polar surface area (TPSA) is 0 Å². The summed E-state index contributed by atoms with van der Waals surface area (Å²) in [6.07, 6.45) is 0.844. The van der Waals surface area contributed by atoms with Gasteiger partial charge in [0.05, 0.1) is 0 Å². The van der Waals surface area contributed by atoms with Crippen LogP contribution in [0.3, 0.4) is 0 Å². The number of hydrogen-bond donors (Lipinski definition) is 0. The minimum absolute atomic E-state index is 0.343. The second kappa shape index (κ2) is 5.15. The molecule has 0 unspecified atom stereocenters. The summed E-state index contributed by atoms with van der Waals surface area (Å²) in [6.45, 7) is 0. The van der Waals surface area contributed by atoms with Crippen LogP contribution in [0.15, 0.2) is 0 Å². The van der Waals surface area contributed by atoms with Crippen LogP contribution in [0.4, 0.5) is 0 Å². The Bertz CT molecular complexity index is 98.7. The summed E-state index contributed by atoms with van der Waals surface area (Å²) in [5, 5.41) is 0. The summed E-state index contributed by atoms with van der Waals surface area (Å²) in [4.78, 5) is 0. The van der Waals surface area contributed by atoms with Crippen molar-refractivity contribution in [3.05, 3.63) is 0 Å².